The van der Waals surface area contributed by atoms with Gasteiger partial charge in [-0.3, -0.25) is 0 Å². The Morgan fingerprint density at radius 3 is 1.73 bits per heavy atom. The predicted octanol–water partition coefficient (Wildman–Crippen LogP) is 1.25. The summed E-state index contributed by atoms with van der Waals surface area (Å²) < 4.78 is 5.24. The van der Waals surface area contributed by atoms with Gasteiger partial charge < -0.3 is 35.8 Å². The molecule has 2 aliphatic heterocycles. The molecule has 3 aromatic rings. The van der Waals surface area contributed by atoms with Crippen LogP contribution in [0.3, 0.4) is 0 Å². The van der Waals surface area contributed by atoms with E-state index in [9.17, 15) is 14.7 Å². The quantitative estimate of drug-likeness (QED) is 0.235. The van der Waals surface area contributed by atoms with Crippen molar-refractivity contribution >= 4 is 80.1 Å². The van der Waals surface area contributed by atoms with Crippen molar-refractivity contribution in [1.29, 1.82) is 0 Å². The number of ether oxygens (including phenoxy) is 1. The van der Waals surface area contributed by atoms with Crippen molar-refractivity contribution in [3.8, 4) is 5.75 Å². The molecule has 2 aliphatic rings. The Hall–Kier alpha value is -3.24. The molecule has 17 heteroatoms. The monoisotopic (exact) mass is 632 g/mol. The predicted molar refractivity (Wildman–Crippen MR) is 147 cm³/mol. The number of carboxylic acid groups (broad SMARTS) is 1. The summed E-state index contributed by atoms with van der Waals surface area (Å²) in [6, 6.07) is 11.5. The van der Waals surface area contributed by atoms with E-state index in [1.54, 1.807) is 24.3 Å². The average molecular weight is 634 g/mol. The van der Waals surface area contributed by atoms with Gasteiger partial charge in [-0.1, -0.05) is 74.9 Å². The number of para-hydroxylation sites is 1. The Kier molecular flexibility index (Phi) is 11.1. The number of carboxylic acids is 1. The molecule has 4 N–H and O–H groups in total. The summed E-state index contributed by atoms with van der Waals surface area (Å²) in [5.74, 6) is -1.84. The molecule has 0 aliphatic carbocycles. The minimum Gasteiger partial charge on any atom is -0.543 e. The first kappa shape index (κ1) is 32.3. The molecule has 0 radical (unpaired) electrons. The van der Waals surface area contributed by atoms with Crippen LogP contribution >= 0.6 is 46.4 Å². The van der Waals surface area contributed by atoms with E-state index < -0.39 is 29.8 Å². The molecular formula is C24H17Cl4LiN6O6. The molecule has 0 fully saturated rings. The number of hydrogen-bond acceptors (Lipinski definition) is 12. The second-order valence-corrected chi connectivity index (χ2v) is 9.75. The minimum atomic E-state index is -1.51. The fourth-order valence-corrected chi connectivity index (χ4v) is 4.11. The van der Waals surface area contributed by atoms with Crippen LogP contribution in [0.15, 0.2) is 52.8 Å². The number of pyridine rings is 2. The Bertz CT molecular complexity index is 1530. The molecule has 41 heavy (non-hydrogen) atoms. The number of benzene rings is 1. The van der Waals surface area contributed by atoms with Gasteiger partial charge in [-0.2, -0.15) is 0 Å². The Morgan fingerprint density at radius 1 is 0.829 bits per heavy atom. The summed E-state index contributed by atoms with van der Waals surface area (Å²) in [6.45, 7) is 0. The Morgan fingerprint density at radius 2 is 1.29 bits per heavy atom. The molecule has 12 nitrogen and oxygen atoms in total. The molecule has 1 aromatic carbocycles. The third kappa shape index (κ3) is 7.95. The first-order chi connectivity index (χ1) is 19.0. The number of nitrogens with zero attached hydrogens (tertiary/aromatic N) is 4. The van der Waals surface area contributed by atoms with Crippen molar-refractivity contribution in [3.63, 3.8) is 0 Å². The van der Waals surface area contributed by atoms with Gasteiger partial charge in [-0.05, 0) is 24.3 Å². The largest absolute Gasteiger partial charge is 1.00 e. The normalized spacial score (nSPS) is 17.1. The van der Waals surface area contributed by atoms with Crippen molar-refractivity contribution in [2.24, 2.45) is 10.3 Å². The number of oxime groups is 2. The summed E-state index contributed by atoms with van der Waals surface area (Å²) >= 11 is 23.2. The number of aromatic nitrogens is 2. The number of halogens is 4. The number of rotatable bonds is 5. The molecule has 0 bridgehead atoms. The van der Waals surface area contributed by atoms with Crippen molar-refractivity contribution in [2.75, 3.05) is 11.5 Å². The van der Waals surface area contributed by atoms with Gasteiger partial charge in [0.05, 0.1) is 38.8 Å². The maximum Gasteiger partial charge on any atom is 1.00 e. The first-order valence-corrected chi connectivity index (χ1v) is 12.7. The van der Waals surface area contributed by atoms with Crippen LogP contribution in [-0.4, -0.2) is 32.2 Å². The zero-order valence-electron chi connectivity index (χ0n) is 21.0. The number of aromatic carboxylic acids is 1. The Balaban J connectivity index is 0.000000230. The smallest absolute Gasteiger partial charge is 0.543 e. The molecule has 2 aromatic heterocycles. The van der Waals surface area contributed by atoms with Gasteiger partial charge in [0.2, 0.25) is 0 Å². The van der Waals surface area contributed by atoms with Gasteiger partial charge in [-0.15, -0.1) is 0 Å². The number of hydrogen-bond donors (Lipinski definition) is 2. The summed E-state index contributed by atoms with van der Waals surface area (Å²) in [5.41, 5.74) is 11.9. The van der Waals surface area contributed by atoms with E-state index in [1.807, 2.05) is 6.07 Å². The van der Waals surface area contributed by atoms with Crippen LogP contribution < -0.4 is 40.2 Å². The molecular weight excluding hydrogens is 617 g/mol. The van der Waals surface area contributed by atoms with Crippen molar-refractivity contribution in [2.45, 2.75) is 25.0 Å². The molecule has 208 valence electrons. The van der Waals surface area contributed by atoms with Gasteiger partial charge in [0.1, 0.15) is 21.8 Å². The number of nitrogens with two attached hydrogens (primary N) is 2. The molecule has 0 saturated heterocycles. The number of anilines is 2. The zero-order valence-corrected chi connectivity index (χ0v) is 24.0. The van der Waals surface area contributed by atoms with Crippen LogP contribution in [0.25, 0.3) is 0 Å². The molecule has 2 atom stereocenters. The number of carbonyl (C=O) groups is 2. The summed E-state index contributed by atoms with van der Waals surface area (Å²) in [5, 5.41) is 18.4. The fraction of sp³-hybridized carbons (Fsp3) is 0.167. The first-order valence-electron chi connectivity index (χ1n) is 11.2. The van der Waals surface area contributed by atoms with Crippen molar-refractivity contribution < 1.29 is 48.0 Å². The topological polar surface area (TPSA) is 187 Å². The summed E-state index contributed by atoms with van der Waals surface area (Å²) in [4.78, 5) is 41.2. The molecule has 0 saturated carbocycles. The third-order valence-corrected chi connectivity index (χ3v) is 6.52. The SMILES string of the molecule is Nc1cc(C2CC(Cl)=NO2)nc(C(=O)Oc2ccccc2)c1Cl.Nc1cc(C2CC(Cl)=NO2)nc(C(=O)[O-])c1Cl.[Li+]. The molecule has 2 unspecified atom stereocenters. The van der Waals surface area contributed by atoms with Crippen LogP contribution in [-0.2, 0) is 9.68 Å². The number of nitrogen functional groups attached to an aromatic ring is 2. The van der Waals surface area contributed by atoms with E-state index >= 15 is 0 Å². The third-order valence-electron chi connectivity index (χ3n) is 5.28. The standard InChI is InChI=1S/C15H11Cl2N3O3.C9H7Cl2N3O3.Li/c16-12-7-11(23-20-12)10-6-9(18)13(17)14(19-10)15(21)22-8-4-2-1-3-5-8;10-6-2-5(17-14-6)4-1-3(12)7(11)8(13-4)9(15)16;/h1-6,11H,7H2,(H2,18,19);1,5H,2H2,(H2,12,13)(H,15,16);/q;;+1/p-1. The second kappa shape index (κ2) is 14.1. The Labute approximate surface area is 264 Å². The zero-order chi connectivity index (χ0) is 29.0. The number of esters is 1. The van der Waals surface area contributed by atoms with Gasteiger partial charge in [0.25, 0.3) is 0 Å². The minimum absolute atomic E-state index is 0. The maximum atomic E-state index is 12.3. The van der Waals surface area contributed by atoms with E-state index in [-0.39, 0.29) is 51.1 Å². The number of carbonyl (C=O) groups excluding carboxylic acids is 2. The van der Waals surface area contributed by atoms with Crippen LogP contribution in [0.1, 0.15) is 57.4 Å². The molecule has 4 heterocycles. The van der Waals surface area contributed by atoms with Crippen molar-refractivity contribution in [3.05, 3.63) is 75.3 Å². The fourth-order valence-electron chi connectivity index (χ4n) is 3.40. The van der Waals surface area contributed by atoms with E-state index in [0.717, 1.165) is 0 Å². The molecule has 0 amide bonds. The van der Waals surface area contributed by atoms with E-state index in [2.05, 4.69) is 20.3 Å². The van der Waals surface area contributed by atoms with E-state index in [4.69, 9.17) is 72.3 Å². The summed E-state index contributed by atoms with van der Waals surface area (Å²) in [6.07, 6.45) is -0.407. The summed E-state index contributed by atoms with van der Waals surface area (Å²) in [7, 11) is 0. The van der Waals surface area contributed by atoms with Crippen LogP contribution in [0.2, 0.25) is 10.0 Å². The van der Waals surface area contributed by atoms with E-state index in [0.29, 0.717) is 35.1 Å². The molecule has 0 spiro atoms. The van der Waals surface area contributed by atoms with Gasteiger partial charge in [-0.25, -0.2) is 14.8 Å². The van der Waals surface area contributed by atoms with Crippen molar-refractivity contribution in [1.82, 2.24) is 9.97 Å². The molecule has 5 rings (SSSR count). The maximum absolute atomic E-state index is 12.3. The average Bonchev–Trinajstić information content (AvgIpc) is 3.56. The van der Waals surface area contributed by atoms with Gasteiger partial charge in [0.15, 0.2) is 17.9 Å². The second-order valence-electron chi connectivity index (χ2n) is 8.12. The van der Waals surface area contributed by atoms with Gasteiger partial charge in [0, 0.05) is 12.8 Å². The van der Waals surface area contributed by atoms with Crippen LogP contribution in [0.4, 0.5) is 11.4 Å². The van der Waals surface area contributed by atoms with Gasteiger partial charge >= 0.3 is 24.8 Å². The van der Waals surface area contributed by atoms with E-state index in [1.165, 1.54) is 12.1 Å². The van der Waals surface area contributed by atoms with Crippen LogP contribution in [0, 0.1) is 0 Å². The van der Waals surface area contributed by atoms with Crippen LogP contribution in [0.5, 0.6) is 5.75 Å².